The van der Waals surface area contributed by atoms with Crippen LogP contribution in [0.2, 0.25) is 0 Å². The molecular weight excluding hydrogens is 240 g/mol. The smallest absolute Gasteiger partial charge is 0.144 e. The Morgan fingerprint density at radius 2 is 2.11 bits per heavy atom. The minimum Gasteiger partial charge on any atom is -0.469 e. The molecule has 0 unspecified atom stereocenters. The van der Waals surface area contributed by atoms with E-state index in [2.05, 4.69) is 27.2 Å². The summed E-state index contributed by atoms with van der Waals surface area (Å²) in [4.78, 5) is 10.9. The van der Waals surface area contributed by atoms with Gasteiger partial charge in [0.1, 0.15) is 11.6 Å². The Morgan fingerprint density at radius 1 is 1.26 bits per heavy atom. The molecule has 2 aromatic heterocycles. The fourth-order valence-corrected chi connectivity index (χ4v) is 1.91. The van der Waals surface area contributed by atoms with Gasteiger partial charge in [-0.05, 0) is 27.0 Å². The van der Waals surface area contributed by atoms with Crippen LogP contribution in [0, 0.1) is 6.92 Å². The average Bonchev–Trinajstić information content (AvgIpc) is 2.78. The second-order valence-electron chi connectivity index (χ2n) is 4.60. The highest BCUT2D eigenvalue weighted by Gasteiger charge is 2.07. The molecule has 102 valence electrons. The van der Waals surface area contributed by atoms with Crippen molar-refractivity contribution in [3.8, 4) is 0 Å². The Bertz CT molecular complexity index is 506. The molecule has 0 aliphatic rings. The van der Waals surface area contributed by atoms with Crippen molar-refractivity contribution in [1.82, 2.24) is 14.9 Å². The molecule has 0 aliphatic carbocycles. The summed E-state index contributed by atoms with van der Waals surface area (Å²) in [6, 6.07) is 2.01. The van der Waals surface area contributed by atoms with Crippen LogP contribution in [-0.4, -0.2) is 28.5 Å². The maximum Gasteiger partial charge on any atom is 0.144 e. The molecule has 0 bridgehead atoms. The Kier molecular flexibility index (Phi) is 4.52. The molecule has 0 radical (unpaired) electrons. The normalized spacial score (nSPS) is 10.9. The zero-order chi connectivity index (χ0) is 13.7. The lowest BCUT2D eigenvalue weighted by Gasteiger charge is -2.15. The standard InChI is InChI=1S/C14H20N4O/c1-4-15-14-8-16-13(7-17-14)10-18(3)9-12-5-6-19-11(12)2/h5-8H,4,9-10H2,1-3H3,(H,15,17). The molecule has 2 rings (SSSR count). The summed E-state index contributed by atoms with van der Waals surface area (Å²) in [5.74, 6) is 1.79. The molecule has 2 heterocycles. The molecule has 5 nitrogen and oxygen atoms in total. The first-order chi connectivity index (χ1) is 9.19. The summed E-state index contributed by atoms with van der Waals surface area (Å²) in [6.45, 7) is 6.49. The third-order valence-corrected chi connectivity index (χ3v) is 2.90. The second kappa shape index (κ2) is 6.33. The first-order valence-electron chi connectivity index (χ1n) is 6.45. The van der Waals surface area contributed by atoms with Crippen molar-refractivity contribution in [2.24, 2.45) is 0 Å². The maximum atomic E-state index is 5.30. The molecule has 1 N–H and O–H groups in total. The summed E-state index contributed by atoms with van der Waals surface area (Å²) < 4.78 is 5.30. The molecule has 0 fully saturated rings. The predicted molar refractivity (Wildman–Crippen MR) is 74.8 cm³/mol. The first kappa shape index (κ1) is 13.5. The Balaban J connectivity index is 1.91. The zero-order valence-corrected chi connectivity index (χ0v) is 11.7. The fraction of sp³-hybridized carbons (Fsp3) is 0.429. The van der Waals surface area contributed by atoms with Crippen LogP contribution in [-0.2, 0) is 13.1 Å². The highest BCUT2D eigenvalue weighted by atomic mass is 16.3. The van der Waals surface area contributed by atoms with Gasteiger partial charge < -0.3 is 9.73 Å². The van der Waals surface area contributed by atoms with E-state index >= 15 is 0 Å². The minimum absolute atomic E-state index is 0.768. The highest BCUT2D eigenvalue weighted by molar-refractivity contribution is 5.30. The van der Waals surface area contributed by atoms with Crippen molar-refractivity contribution in [3.05, 3.63) is 41.7 Å². The number of hydrogen-bond acceptors (Lipinski definition) is 5. The molecule has 5 heteroatoms. The predicted octanol–water partition coefficient (Wildman–Crippen LogP) is 2.44. The van der Waals surface area contributed by atoms with Gasteiger partial charge in [0.25, 0.3) is 0 Å². The van der Waals surface area contributed by atoms with Crippen molar-refractivity contribution in [3.63, 3.8) is 0 Å². The van der Waals surface area contributed by atoms with Crippen LogP contribution in [0.5, 0.6) is 0 Å². The van der Waals surface area contributed by atoms with Gasteiger partial charge in [-0.2, -0.15) is 0 Å². The molecule has 0 aliphatic heterocycles. The van der Waals surface area contributed by atoms with Gasteiger partial charge in [-0.25, -0.2) is 4.98 Å². The Hall–Kier alpha value is -1.88. The SMILES string of the molecule is CCNc1cnc(CN(C)Cc2ccoc2C)cn1. The lowest BCUT2D eigenvalue weighted by Crippen LogP contribution is -2.18. The minimum atomic E-state index is 0.768. The van der Waals surface area contributed by atoms with E-state index in [1.54, 1.807) is 12.5 Å². The molecule has 19 heavy (non-hydrogen) atoms. The van der Waals surface area contributed by atoms with Crippen LogP contribution in [0.3, 0.4) is 0 Å². The quantitative estimate of drug-likeness (QED) is 0.864. The number of anilines is 1. The van der Waals surface area contributed by atoms with Crippen LogP contribution < -0.4 is 5.32 Å². The summed E-state index contributed by atoms with van der Waals surface area (Å²) in [6.07, 6.45) is 5.32. The summed E-state index contributed by atoms with van der Waals surface area (Å²) in [5, 5.41) is 3.13. The number of nitrogens with zero attached hydrogens (tertiary/aromatic N) is 3. The lowest BCUT2D eigenvalue weighted by atomic mass is 10.2. The Morgan fingerprint density at radius 3 is 2.68 bits per heavy atom. The third-order valence-electron chi connectivity index (χ3n) is 2.90. The number of hydrogen-bond donors (Lipinski definition) is 1. The van der Waals surface area contributed by atoms with Crippen molar-refractivity contribution in [2.45, 2.75) is 26.9 Å². The van der Waals surface area contributed by atoms with E-state index in [4.69, 9.17) is 4.42 Å². The second-order valence-corrected chi connectivity index (χ2v) is 4.60. The summed E-state index contributed by atoms with van der Waals surface area (Å²) >= 11 is 0. The van der Waals surface area contributed by atoms with E-state index in [9.17, 15) is 0 Å². The molecule has 0 saturated carbocycles. The molecular formula is C14H20N4O. The number of nitrogens with one attached hydrogen (secondary N) is 1. The van der Waals surface area contributed by atoms with E-state index in [0.717, 1.165) is 36.9 Å². The topological polar surface area (TPSA) is 54.2 Å². The maximum absolute atomic E-state index is 5.30. The molecule has 0 atom stereocenters. The van der Waals surface area contributed by atoms with Crippen LogP contribution in [0.15, 0.2) is 29.1 Å². The molecule has 0 aromatic carbocycles. The van der Waals surface area contributed by atoms with E-state index in [-0.39, 0.29) is 0 Å². The summed E-state index contributed by atoms with van der Waals surface area (Å²) in [7, 11) is 2.06. The molecule has 0 spiro atoms. The number of aromatic nitrogens is 2. The van der Waals surface area contributed by atoms with Crippen LogP contribution in [0.25, 0.3) is 0 Å². The van der Waals surface area contributed by atoms with Gasteiger partial charge >= 0.3 is 0 Å². The highest BCUT2D eigenvalue weighted by Crippen LogP contribution is 2.12. The monoisotopic (exact) mass is 260 g/mol. The van der Waals surface area contributed by atoms with Crippen molar-refractivity contribution < 1.29 is 4.42 Å². The van der Waals surface area contributed by atoms with Gasteiger partial charge in [-0.15, -0.1) is 0 Å². The van der Waals surface area contributed by atoms with E-state index in [0.29, 0.717) is 0 Å². The third kappa shape index (κ3) is 3.79. The molecule has 2 aromatic rings. The Labute approximate surface area is 113 Å². The zero-order valence-electron chi connectivity index (χ0n) is 11.7. The van der Waals surface area contributed by atoms with Gasteiger partial charge in [0, 0.05) is 25.2 Å². The number of furan rings is 1. The van der Waals surface area contributed by atoms with E-state index in [1.807, 2.05) is 26.1 Å². The fourth-order valence-electron chi connectivity index (χ4n) is 1.91. The first-order valence-corrected chi connectivity index (χ1v) is 6.45. The van der Waals surface area contributed by atoms with Gasteiger partial charge in [-0.1, -0.05) is 0 Å². The van der Waals surface area contributed by atoms with Crippen molar-refractivity contribution in [1.29, 1.82) is 0 Å². The van der Waals surface area contributed by atoms with E-state index < -0.39 is 0 Å². The molecule has 0 saturated heterocycles. The van der Waals surface area contributed by atoms with Crippen LogP contribution in [0.1, 0.15) is 23.9 Å². The average molecular weight is 260 g/mol. The number of rotatable bonds is 6. The van der Waals surface area contributed by atoms with Gasteiger partial charge in [0.15, 0.2) is 0 Å². The lowest BCUT2D eigenvalue weighted by molar-refractivity contribution is 0.312. The van der Waals surface area contributed by atoms with Crippen LogP contribution >= 0.6 is 0 Å². The van der Waals surface area contributed by atoms with E-state index in [1.165, 1.54) is 5.56 Å². The summed E-state index contributed by atoms with van der Waals surface area (Å²) in [5.41, 5.74) is 2.17. The van der Waals surface area contributed by atoms with Gasteiger partial charge in [0.05, 0.1) is 24.4 Å². The van der Waals surface area contributed by atoms with Crippen LogP contribution in [0.4, 0.5) is 5.82 Å². The van der Waals surface area contributed by atoms with Crippen molar-refractivity contribution >= 4 is 5.82 Å². The largest absolute Gasteiger partial charge is 0.469 e. The van der Waals surface area contributed by atoms with Gasteiger partial charge in [-0.3, -0.25) is 9.88 Å². The number of aryl methyl sites for hydroxylation is 1. The van der Waals surface area contributed by atoms with Gasteiger partial charge in [0.2, 0.25) is 0 Å². The van der Waals surface area contributed by atoms with Crippen molar-refractivity contribution in [2.75, 3.05) is 18.9 Å². The molecule has 0 amide bonds.